The average molecular weight is 203 g/mol. The minimum absolute atomic E-state index is 0.695. The van der Waals surface area contributed by atoms with Crippen molar-refractivity contribution in [1.82, 2.24) is 0 Å². The van der Waals surface area contributed by atoms with Gasteiger partial charge in [-0.15, -0.1) is 0 Å². The molecule has 0 unspecified atom stereocenters. The van der Waals surface area contributed by atoms with Gasteiger partial charge in [-0.1, -0.05) is 6.92 Å². The van der Waals surface area contributed by atoms with Crippen molar-refractivity contribution in [1.29, 1.82) is 0 Å². The molecule has 0 saturated carbocycles. The molecule has 0 amide bonds. The van der Waals surface area contributed by atoms with Crippen molar-refractivity contribution in [3.05, 3.63) is 29.8 Å². The molecule has 1 aliphatic heterocycles. The maximum absolute atomic E-state index is 5.60. The molecule has 0 atom stereocenters. The molecule has 1 aromatic rings. The molecule has 0 fully saturated rings. The Morgan fingerprint density at radius 2 is 2.40 bits per heavy atom. The summed E-state index contributed by atoms with van der Waals surface area (Å²) in [7, 11) is 0. The van der Waals surface area contributed by atoms with Gasteiger partial charge in [0.05, 0.1) is 13.2 Å². The summed E-state index contributed by atoms with van der Waals surface area (Å²) in [6.07, 6.45) is 7.02. The minimum Gasteiger partial charge on any atom is -0.493 e. The molecule has 79 valence electrons. The lowest BCUT2D eigenvalue weighted by molar-refractivity contribution is 0.305. The lowest BCUT2D eigenvalue weighted by Gasteiger charge is -2.09. The van der Waals surface area contributed by atoms with Crippen LogP contribution in [0, 0.1) is 6.08 Å². The Morgan fingerprint density at radius 3 is 3.27 bits per heavy atom. The molecule has 15 heavy (non-hydrogen) atoms. The van der Waals surface area contributed by atoms with Crippen LogP contribution < -0.4 is 9.47 Å². The van der Waals surface area contributed by atoms with Gasteiger partial charge in [0.15, 0.2) is 0 Å². The highest BCUT2D eigenvalue weighted by molar-refractivity contribution is 5.58. The van der Waals surface area contributed by atoms with E-state index in [4.69, 9.17) is 9.47 Å². The predicted octanol–water partition coefficient (Wildman–Crippen LogP) is 3.07. The fraction of sp³-hybridized carbons (Fsp3) is 0.385. The molecule has 0 spiro atoms. The van der Waals surface area contributed by atoms with E-state index in [1.807, 2.05) is 24.3 Å². The number of fused-ring (bicyclic) bond motifs is 1. The van der Waals surface area contributed by atoms with Crippen molar-refractivity contribution >= 4 is 6.08 Å². The summed E-state index contributed by atoms with van der Waals surface area (Å²) < 4.78 is 11.1. The fourth-order valence-corrected chi connectivity index (χ4v) is 1.47. The first-order valence-electron chi connectivity index (χ1n) is 5.36. The van der Waals surface area contributed by atoms with E-state index in [1.54, 1.807) is 0 Å². The van der Waals surface area contributed by atoms with E-state index >= 15 is 0 Å². The van der Waals surface area contributed by atoms with Crippen LogP contribution in [0.4, 0.5) is 0 Å². The predicted molar refractivity (Wildman–Crippen MR) is 60.0 cm³/mol. The molecule has 1 radical (unpaired) electrons. The van der Waals surface area contributed by atoms with Gasteiger partial charge in [-0.2, -0.15) is 0 Å². The molecule has 0 aromatic heterocycles. The second-order valence-electron chi connectivity index (χ2n) is 3.50. The van der Waals surface area contributed by atoms with Crippen LogP contribution in [-0.2, 0) is 0 Å². The normalized spacial score (nSPS) is 13.9. The zero-order chi connectivity index (χ0) is 10.5. The Kier molecular flexibility index (Phi) is 3.28. The van der Waals surface area contributed by atoms with Crippen LogP contribution in [0.15, 0.2) is 18.2 Å². The summed E-state index contributed by atoms with van der Waals surface area (Å²) in [6, 6.07) is 5.94. The summed E-state index contributed by atoms with van der Waals surface area (Å²) in [5.41, 5.74) is 1.08. The van der Waals surface area contributed by atoms with Gasteiger partial charge in [-0.3, -0.25) is 0 Å². The van der Waals surface area contributed by atoms with Crippen molar-refractivity contribution in [3.63, 3.8) is 0 Å². The van der Waals surface area contributed by atoms with Crippen molar-refractivity contribution in [2.24, 2.45) is 0 Å². The van der Waals surface area contributed by atoms with Crippen molar-refractivity contribution in [2.45, 2.75) is 19.8 Å². The van der Waals surface area contributed by atoms with Crippen LogP contribution in [-0.4, -0.2) is 13.2 Å². The van der Waals surface area contributed by atoms with Crippen molar-refractivity contribution in [2.75, 3.05) is 13.2 Å². The second-order valence-corrected chi connectivity index (χ2v) is 3.50. The van der Waals surface area contributed by atoms with Gasteiger partial charge >= 0.3 is 0 Å². The molecule has 0 saturated heterocycles. The maximum Gasteiger partial charge on any atom is 0.130 e. The number of hydrogen-bond acceptors (Lipinski definition) is 2. The monoisotopic (exact) mass is 203 g/mol. The van der Waals surface area contributed by atoms with Crippen LogP contribution in [0.5, 0.6) is 11.5 Å². The largest absolute Gasteiger partial charge is 0.493 e. The van der Waals surface area contributed by atoms with Crippen molar-refractivity contribution < 1.29 is 9.47 Å². The summed E-state index contributed by atoms with van der Waals surface area (Å²) in [6.45, 7) is 3.54. The molecule has 1 aromatic carbocycles. The summed E-state index contributed by atoms with van der Waals surface area (Å²) in [5.74, 6) is 1.78. The number of benzene rings is 1. The highest BCUT2D eigenvalue weighted by atomic mass is 16.5. The van der Waals surface area contributed by atoms with Crippen molar-refractivity contribution in [3.8, 4) is 11.5 Å². The Bertz CT molecular complexity index is 356. The van der Waals surface area contributed by atoms with Crippen LogP contribution in [0.1, 0.15) is 25.3 Å². The van der Waals surface area contributed by atoms with E-state index in [2.05, 4.69) is 13.0 Å². The average Bonchev–Trinajstić information content (AvgIpc) is 2.50. The lowest BCUT2D eigenvalue weighted by Crippen LogP contribution is -1.98. The van der Waals surface area contributed by atoms with Gasteiger partial charge in [-0.05, 0) is 30.7 Å². The molecule has 0 bridgehead atoms. The standard InChI is InChI=1S/C13H15O2/c1-2-8-14-12-7-6-11-5-3-4-9-15-13(11)10-12/h5-7,10H,2,4,8-9H2,1H3. The molecule has 1 aliphatic rings. The van der Waals surface area contributed by atoms with E-state index < -0.39 is 0 Å². The van der Waals surface area contributed by atoms with Gasteiger partial charge < -0.3 is 9.47 Å². The third kappa shape index (κ3) is 2.52. The zero-order valence-electron chi connectivity index (χ0n) is 8.95. The summed E-state index contributed by atoms with van der Waals surface area (Å²) in [4.78, 5) is 0. The van der Waals surface area contributed by atoms with Gasteiger partial charge in [0.2, 0.25) is 0 Å². The molecular formula is C13H15O2. The molecule has 0 N–H and O–H groups in total. The number of rotatable bonds is 3. The molecular weight excluding hydrogens is 188 g/mol. The van der Waals surface area contributed by atoms with Crippen LogP contribution in [0.2, 0.25) is 0 Å². The van der Waals surface area contributed by atoms with E-state index in [-0.39, 0.29) is 0 Å². The third-order valence-electron chi connectivity index (χ3n) is 2.22. The van der Waals surface area contributed by atoms with E-state index in [0.717, 1.165) is 36.5 Å². The van der Waals surface area contributed by atoms with Crippen LogP contribution >= 0.6 is 0 Å². The molecule has 2 rings (SSSR count). The van der Waals surface area contributed by atoms with Gasteiger partial charge in [-0.25, -0.2) is 0 Å². The van der Waals surface area contributed by atoms with Crippen LogP contribution in [0.3, 0.4) is 0 Å². The topological polar surface area (TPSA) is 18.5 Å². The highest BCUT2D eigenvalue weighted by Crippen LogP contribution is 2.27. The van der Waals surface area contributed by atoms with Gasteiger partial charge in [0.1, 0.15) is 11.5 Å². The van der Waals surface area contributed by atoms with Crippen LogP contribution in [0.25, 0.3) is 6.08 Å². The molecule has 1 heterocycles. The minimum atomic E-state index is 0.695. The Balaban J connectivity index is 2.18. The van der Waals surface area contributed by atoms with E-state index in [0.29, 0.717) is 6.61 Å². The Hall–Kier alpha value is -1.44. The Morgan fingerprint density at radius 1 is 1.47 bits per heavy atom. The first kappa shape index (κ1) is 10.1. The maximum atomic E-state index is 5.60. The third-order valence-corrected chi connectivity index (χ3v) is 2.22. The quantitative estimate of drug-likeness (QED) is 0.751. The van der Waals surface area contributed by atoms with Gasteiger partial charge in [0.25, 0.3) is 0 Å². The lowest BCUT2D eigenvalue weighted by atomic mass is 10.2. The Labute approximate surface area is 90.5 Å². The molecule has 2 nitrogen and oxygen atoms in total. The highest BCUT2D eigenvalue weighted by Gasteiger charge is 2.06. The summed E-state index contributed by atoms with van der Waals surface area (Å²) >= 11 is 0. The second kappa shape index (κ2) is 4.87. The first-order valence-corrected chi connectivity index (χ1v) is 5.36. The molecule has 0 aliphatic carbocycles. The number of ether oxygens (including phenoxy) is 2. The first-order chi connectivity index (χ1) is 7.40. The smallest absolute Gasteiger partial charge is 0.130 e. The van der Waals surface area contributed by atoms with E-state index in [9.17, 15) is 0 Å². The van der Waals surface area contributed by atoms with E-state index in [1.165, 1.54) is 0 Å². The SMILES string of the molecule is CCCOc1ccc2c(c1)OCC[C]=C2. The zero-order valence-corrected chi connectivity index (χ0v) is 8.95. The summed E-state index contributed by atoms with van der Waals surface area (Å²) in [5, 5.41) is 0. The number of hydrogen-bond donors (Lipinski definition) is 0. The van der Waals surface area contributed by atoms with Gasteiger partial charge in [0, 0.05) is 18.1 Å². The fourth-order valence-electron chi connectivity index (χ4n) is 1.47. The molecule has 2 heteroatoms.